The van der Waals surface area contributed by atoms with Gasteiger partial charge in [0, 0.05) is 54.8 Å². The Morgan fingerprint density at radius 1 is 1.05 bits per heavy atom. The minimum Gasteiger partial charge on any atom is -0.369 e. The summed E-state index contributed by atoms with van der Waals surface area (Å²) in [5.41, 5.74) is 2.79. The van der Waals surface area contributed by atoms with Crippen LogP contribution in [0.1, 0.15) is 11.1 Å². The van der Waals surface area contributed by atoms with Crippen molar-refractivity contribution in [3.8, 4) is 0 Å². The second-order valence-electron chi connectivity index (χ2n) is 9.48. The fraction of sp³-hybridized carbons (Fsp3) is 0.423. The fourth-order valence-electron chi connectivity index (χ4n) is 4.69. The molecule has 2 saturated heterocycles. The molecule has 204 valence electrons. The topological polar surface area (TPSA) is 86.1 Å². The molecule has 12 heteroatoms. The molecule has 2 aliphatic heterocycles. The van der Waals surface area contributed by atoms with Crippen molar-refractivity contribution in [1.82, 2.24) is 13.9 Å². The van der Waals surface area contributed by atoms with Gasteiger partial charge in [0.2, 0.25) is 15.8 Å². The first-order valence-corrected chi connectivity index (χ1v) is 14.9. The number of benzene rings is 2. The third-order valence-corrected chi connectivity index (χ3v) is 8.64. The number of piperazine rings is 1. The predicted molar refractivity (Wildman–Crippen MR) is 146 cm³/mol. The molecule has 5 rings (SSSR count). The lowest BCUT2D eigenvalue weighted by Gasteiger charge is -2.41. The number of halogens is 2. The molecule has 0 amide bonds. The molecule has 0 spiro atoms. The zero-order chi connectivity index (χ0) is 26.8. The first-order valence-electron chi connectivity index (χ1n) is 12.3. The molecule has 0 bridgehead atoms. The molecule has 0 saturated carbocycles. The standard InChI is InChI=1S/C26H30Cl2N4O5S/c1-38(33,34)32-12-10-31(11-13-32)22-5-2-20(3-6-22)15-35-23-16-36-26(37-17-23,18-30-9-8-29-19-30)24-7-4-21(27)14-25(24)28/h2-9,14,19,23H,10-13,15-18H2,1H3/t23-,26-. The van der Waals surface area contributed by atoms with Gasteiger partial charge in [-0.3, -0.25) is 0 Å². The number of hydrogen-bond donors (Lipinski definition) is 0. The smallest absolute Gasteiger partial charge is 0.215 e. The summed E-state index contributed by atoms with van der Waals surface area (Å²) in [6.45, 7) is 3.77. The van der Waals surface area contributed by atoms with Gasteiger partial charge in [0.1, 0.15) is 6.10 Å². The predicted octanol–water partition coefficient (Wildman–Crippen LogP) is 3.76. The molecule has 0 unspecified atom stereocenters. The number of ether oxygens (including phenoxy) is 3. The number of sulfonamides is 1. The Morgan fingerprint density at radius 3 is 2.37 bits per heavy atom. The van der Waals surface area contributed by atoms with Gasteiger partial charge in [0.25, 0.3) is 0 Å². The maximum atomic E-state index is 11.7. The van der Waals surface area contributed by atoms with Crippen molar-refractivity contribution in [3.63, 3.8) is 0 Å². The van der Waals surface area contributed by atoms with E-state index in [1.54, 1.807) is 24.7 Å². The van der Waals surface area contributed by atoms with Crippen LogP contribution >= 0.6 is 23.2 Å². The molecular weight excluding hydrogens is 551 g/mol. The van der Waals surface area contributed by atoms with E-state index < -0.39 is 15.8 Å². The van der Waals surface area contributed by atoms with Gasteiger partial charge < -0.3 is 23.7 Å². The van der Waals surface area contributed by atoms with E-state index in [-0.39, 0.29) is 6.10 Å². The second-order valence-corrected chi connectivity index (χ2v) is 12.3. The van der Waals surface area contributed by atoms with Crippen LogP contribution in [0.4, 0.5) is 5.69 Å². The van der Waals surface area contributed by atoms with Crippen molar-refractivity contribution in [3.05, 3.63) is 82.4 Å². The summed E-state index contributed by atoms with van der Waals surface area (Å²) in [6.07, 6.45) is 6.26. The Labute approximate surface area is 232 Å². The molecule has 2 fully saturated rings. The summed E-state index contributed by atoms with van der Waals surface area (Å²) < 4.78 is 45.6. The molecule has 2 aromatic carbocycles. The van der Waals surface area contributed by atoms with Crippen LogP contribution in [-0.2, 0) is 43.2 Å². The number of imidazole rings is 1. The lowest BCUT2D eigenvalue weighted by atomic mass is 10.0. The lowest BCUT2D eigenvalue weighted by molar-refractivity contribution is -0.313. The quantitative estimate of drug-likeness (QED) is 0.401. The van der Waals surface area contributed by atoms with Crippen molar-refractivity contribution in [2.45, 2.75) is 25.0 Å². The molecule has 2 aliphatic rings. The maximum Gasteiger partial charge on any atom is 0.215 e. The largest absolute Gasteiger partial charge is 0.369 e. The van der Waals surface area contributed by atoms with E-state index in [2.05, 4.69) is 9.88 Å². The monoisotopic (exact) mass is 580 g/mol. The Kier molecular flexibility index (Phi) is 8.30. The third-order valence-electron chi connectivity index (χ3n) is 6.79. The lowest BCUT2D eigenvalue weighted by Crippen LogP contribution is -2.48. The summed E-state index contributed by atoms with van der Waals surface area (Å²) in [5, 5.41) is 1.01. The van der Waals surface area contributed by atoms with Crippen LogP contribution < -0.4 is 4.90 Å². The van der Waals surface area contributed by atoms with Crippen molar-refractivity contribution in [1.29, 1.82) is 0 Å². The summed E-state index contributed by atoms with van der Waals surface area (Å²) in [7, 11) is -3.14. The highest BCUT2D eigenvalue weighted by Gasteiger charge is 2.42. The van der Waals surface area contributed by atoms with Crippen LogP contribution in [0.25, 0.3) is 0 Å². The van der Waals surface area contributed by atoms with Gasteiger partial charge >= 0.3 is 0 Å². The SMILES string of the molecule is CS(=O)(=O)N1CCN(c2ccc(CO[C@H]3CO[C@](Cn4ccnc4)(c4ccc(Cl)cc4Cl)OC3)cc2)CC1. The fourth-order valence-corrected chi connectivity index (χ4v) is 6.07. The van der Waals surface area contributed by atoms with Crippen LogP contribution in [0.3, 0.4) is 0 Å². The maximum absolute atomic E-state index is 11.7. The van der Waals surface area contributed by atoms with Gasteiger partial charge in [-0.2, -0.15) is 4.31 Å². The molecular formula is C26H30Cl2N4O5S. The highest BCUT2D eigenvalue weighted by atomic mass is 35.5. The Hall–Kier alpha value is -2.18. The van der Waals surface area contributed by atoms with E-state index in [0.29, 0.717) is 68.2 Å². The number of nitrogens with zero attached hydrogens (tertiary/aromatic N) is 4. The molecule has 38 heavy (non-hydrogen) atoms. The Bertz CT molecular complexity index is 1320. The molecule has 0 radical (unpaired) electrons. The van der Waals surface area contributed by atoms with Gasteiger partial charge in [-0.05, 0) is 29.8 Å². The summed E-state index contributed by atoms with van der Waals surface area (Å²) >= 11 is 12.6. The summed E-state index contributed by atoms with van der Waals surface area (Å²) in [4.78, 5) is 6.31. The Morgan fingerprint density at radius 2 is 1.76 bits per heavy atom. The molecule has 0 aliphatic carbocycles. The van der Waals surface area contributed by atoms with Crippen LogP contribution in [0.5, 0.6) is 0 Å². The van der Waals surface area contributed by atoms with Crippen molar-refractivity contribution in [2.24, 2.45) is 0 Å². The van der Waals surface area contributed by atoms with Gasteiger partial charge in [-0.1, -0.05) is 41.4 Å². The van der Waals surface area contributed by atoms with Gasteiger partial charge in [-0.25, -0.2) is 13.4 Å². The zero-order valence-corrected chi connectivity index (χ0v) is 23.3. The Balaban J connectivity index is 1.17. The van der Waals surface area contributed by atoms with E-state index in [0.717, 1.165) is 11.3 Å². The van der Waals surface area contributed by atoms with Crippen LogP contribution in [0, 0.1) is 0 Å². The minimum absolute atomic E-state index is 0.249. The number of aromatic nitrogens is 2. The average Bonchev–Trinajstić information content (AvgIpc) is 3.41. The van der Waals surface area contributed by atoms with Gasteiger partial charge in [-0.15, -0.1) is 0 Å². The highest BCUT2D eigenvalue weighted by molar-refractivity contribution is 7.88. The molecule has 0 atom stereocenters. The summed E-state index contributed by atoms with van der Waals surface area (Å²) in [6, 6.07) is 13.4. The van der Waals surface area contributed by atoms with Crippen molar-refractivity contribution < 1.29 is 22.6 Å². The average molecular weight is 582 g/mol. The van der Waals surface area contributed by atoms with E-state index in [1.807, 2.05) is 41.1 Å². The van der Waals surface area contributed by atoms with E-state index >= 15 is 0 Å². The van der Waals surface area contributed by atoms with Crippen LogP contribution in [0.2, 0.25) is 10.0 Å². The normalized spacial score (nSPS) is 23.0. The van der Waals surface area contributed by atoms with E-state index in [1.165, 1.54) is 10.6 Å². The minimum atomic E-state index is -3.14. The van der Waals surface area contributed by atoms with Crippen molar-refractivity contribution in [2.75, 3.05) is 50.5 Å². The molecule has 3 aromatic rings. The first kappa shape index (κ1) is 27.4. The van der Waals surface area contributed by atoms with Crippen LogP contribution in [-0.4, -0.2) is 74.0 Å². The van der Waals surface area contributed by atoms with Crippen LogP contribution in [0.15, 0.2) is 61.2 Å². The van der Waals surface area contributed by atoms with Crippen molar-refractivity contribution >= 4 is 38.9 Å². The number of hydrogen-bond acceptors (Lipinski definition) is 7. The van der Waals surface area contributed by atoms with E-state index in [9.17, 15) is 8.42 Å². The summed E-state index contributed by atoms with van der Waals surface area (Å²) in [5.74, 6) is -1.09. The molecule has 1 aromatic heterocycles. The third kappa shape index (κ3) is 6.34. The number of rotatable bonds is 8. The number of anilines is 1. The second kappa shape index (κ2) is 11.5. The van der Waals surface area contributed by atoms with Gasteiger partial charge in [0.15, 0.2) is 0 Å². The first-order chi connectivity index (χ1) is 18.2. The zero-order valence-electron chi connectivity index (χ0n) is 21.0. The molecule has 3 heterocycles. The molecule has 9 nitrogen and oxygen atoms in total. The van der Waals surface area contributed by atoms with Gasteiger partial charge in [0.05, 0.1) is 44.0 Å². The highest BCUT2D eigenvalue weighted by Crippen LogP contribution is 2.38. The molecule has 0 N–H and O–H groups in total. The van der Waals surface area contributed by atoms with E-state index in [4.69, 9.17) is 37.4 Å².